The molecule has 0 atom stereocenters. The molecule has 2 aliphatic rings. The lowest BCUT2D eigenvalue weighted by Crippen LogP contribution is -2.17. The number of anilines is 2. The van der Waals surface area contributed by atoms with Crippen LogP contribution in [0.3, 0.4) is 0 Å². The van der Waals surface area contributed by atoms with E-state index in [1.54, 1.807) is 59.1 Å². The Bertz CT molecular complexity index is 3150. The predicted molar refractivity (Wildman–Crippen MR) is 257 cm³/mol. The molecule has 4 aromatic carbocycles. The largest absolute Gasteiger partial charge is 0.493 e. The van der Waals surface area contributed by atoms with Crippen LogP contribution in [0.25, 0.3) is 21.1 Å². The summed E-state index contributed by atoms with van der Waals surface area (Å²) in [4.78, 5) is 58.1. The highest BCUT2D eigenvalue weighted by Gasteiger charge is 2.19. The van der Waals surface area contributed by atoms with Crippen LogP contribution >= 0.6 is 22.7 Å². The number of benzene rings is 4. The molecule has 3 N–H and O–H groups in total. The highest BCUT2D eigenvalue weighted by Crippen LogP contribution is 2.34. The first kappa shape index (κ1) is 44.4. The van der Waals surface area contributed by atoms with Crippen LogP contribution in [-0.4, -0.2) is 68.3 Å². The van der Waals surface area contributed by atoms with Gasteiger partial charge in [0, 0.05) is 58.5 Å². The van der Waals surface area contributed by atoms with Crippen LogP contribution in [0, 0.1) is 13.8 Å². The molecule has 0 fully saturated rings. The van der Waals surface area contributed by atoms with Crippen molar-refractivity contribution in [3.63, 3.8) is 0 Å². The molecule has 10 rings (SSSR count). The maximum absolute atomic E-state index is 13.0. The molecule has 67 heavy (non-hydrogen) atoms. The molecule has 0 radical (unpaired) electrons. The molecular formula is C51H44N6O8S2. The Morgan fingerprint density at radius 2 is 1.09 bits per heavy atom. The summed E-state index contributed by atoms with van der Waals surface area (Å²) >= 11 is 3.17. The molecule has 0 bridgehead atoms. The van der Waals surface area contributed by atoms with Crippen LogP contribution < -0.4 is 20.1 Å². The van der Waals surface area contributed by atoms with Crippen molar-refractivity contribution in [3.05, 3.63) is 176 Å². The van der Waals surface area contributed by atoms with Gasteiger partial charge in [0.25, 0.3) is 11.8 Å². The number of aromatic nitrogens is 4. The van der Waals surface area contributed by atoms with Gasteiger partial charge in [-0.1, -0.05) is 0 Å². The quantitative estimate of drug-likeness (QED) is 0.100. The van der Waals surface area contributed by atoms with E-state index in [1.165, 1.54) is 30.4 Å². The summed E-state index contributed by atoms with van der Waals surface area (Å²) in [5.74, 6) is -0.00903. The number of hydrogen-bond donors (Lipinski definition) is 3. The van der Waals surface area contributed by atoms with Gasteiger partial charge in [0.05, 0.1) is 55.9 Å². The van der Waals surface area contributed by atoms with E-state index in [-0.39, 0.29) is 17.4 Å². The maximum atomic E-state index is 13.0. The monoisotopic (exact) mass is 932 g/mol. The fourth-order valence-corrected chi connectivity index (χ4v) is 9.48. The summed E-state index contributed by atoms with van der Waals surface area (Å²) in [7, 11) is 1.33. The molecule has 2 aliphatic heterocycles. The normalized spacial score (nSPS) is 12.2. The molecule has 8 aromatic rings. The summed E-state index contributed by atoms with van der Waals surface area (Å²) in [5, 5.41) is 20.7. The second kappa shape index (κ2) is 19.3. The van der Waals surface area contributed by atoms with Crippen molar-refractivity contribution in [1.82, 2.24) is 19.1 Å². The Hall–Kier alpha value is -7.82. The van der Waals surface area contributed by atoms with E-state index >= 15 is 0 Å². The zero-order valence-electron chi connectivity index (χ0n) is 36.7. The third-order valence-electron chi connectivity index (χ3n) is 11.1. The number of rotatable bonds is 12. The number of ether oxygens (including phenoxy) is 3. The molecule has 0 saturated carbocycles. The van der Waals surface area contributed by atoms with Gasteiger partial charge in [-0.2, -0.15) is 0 Å². The van der Waals surface area contributed by atoms with Crippen molar-refractivity contribution >= 4 is 57.8 Å². The van der Waals surface area contributed by atoms with Gasteiger partial charge in [0.15, 0.2) is 0 Å². The number of aromatic carboxylic acids is 1. The number of nitrogens with one attached hydrogen (secondary N) is 2. The van der Waals surface area contributed by atoms with E-state index in [2.05, 4.69) is 22.8 Å². The minimum Gasteiger partial charge on any atom is -0.493 e. The Balaban J connectivity index is 0.000000168. The van der Waals surface area contributed by atoms with Crippen LogP contribution in [0.2, 0.25) is 0 Å². The van der Waals surface area contributed by atoms with Crippen LogP contribution in [0.5, 0.6) is 11.5 Å². The Kier molecular flexibility index (Phi) is 12.8. The van der Waals surface area contributed by atoms with E-state index in [9.17, 15) is 19.2 Å². The molecule has 2 amide bonds. The number of aryl methyl sites for hydroxylation is 2. The highest BCUT2D eigenvalue weighted by atomic mass is 32.1. The third-order valence-corrected chi connectivity index (χ3v) is 13.0. The van der Waals surface area contributed by atoms with E-state index < -0.39 is 11.9 Å². The Morgan fingerprint density at radius 1 is 0.642 bits per heavy atom. The van der Waals surface area contributed by atoms with E-state index in [1.807, 2.05) is 82.5 Å². The predicted octanol–water partition coefficient (Wildman–Crippen LogP) is 9.80. The topological polar surface area (TPSA) is 176 Å². The summed E-state index contributed by atoms with van der Waals surface area (Å²) in [6, 6.07) is 28.7. The molecule has 0 spiro atoms. The van der Waals surface area contributed by atoms with E-state index in [0.717, 1.165) is 81.2 Å². The second-order valence-electron chi connectivity index (χ2n) is 16.1. The standard InChI is InChI=1S/C26H23N3O4S.C25H21N3O4S/c1-16-11-22(24(30)27-20-6-3-17(4-7-20)26(31)32-2)29(13-16)14-21-15-34-25(28-21)19-5-8-23-18(12-19)9-10-33-23;1-15-10-21(23(29)26-19-5-2-16(3-6-19)25(30)31)28(12-15)13-20-14-33-24(27-20)18-4-7-22-17(11-18)8-9-32-22/h3-8,11-13,15H,9-10,14H2,1-2H3,(H,27,30);2-7,10-12,14H,8-9,13H2,1H3,(H,26,29)(H,30,31). The first-order valence-corrected chi connectivity index (χ1v) is 23.1. The zero-order chi connectivity index (χ0) is 46.6. The summed E-state index contributed by atoms with van der Waals surface area (Å²) in [6.45, 7) is 6.31. The fraction of sp³-hybridized carbons (Fsp3) is 0.176. The molecule has 0 unspecified atom stereocenters. The van der Waals surface area contributed by atoms with E-state index in [0.29, 0.717) is 41.4 Å². The number of fused-ring (bicyclic) bond motifs is 2. The Labute approximate surface area is 393 Å². The summed E-state index contributed by atoms with van der Waals surface area (Å²) in [5.41, 5.74) is 11.1. The summed E-state index contributed by atoms with van der Waals surface area (Å²) < 4.78 is 19.7. The summed E-state index contributed by atoms with van der Waals surface area (Å²) in [6.07, 6.45) is 5.71. The minimum absolute atomic E-state index is 0.169. The number of carbonyl (C=O) groups excluding carboxylic acids is 3. The van der Waals surface area contributed by atoms with Crippen molar-refractivity contribution in [3.8, 4) is 32.6 Å². The smallest absolute Gasteiger partial charge is 0.337 e. The fourth-order valence-electron chi connectivity index (χ4n) is 7.86. The number of esters is 1. The lowest BCUT2D eigenvalue weighted by Gasteiger charge is -2.09. The number of amides is 2. The van der Waals surface area contributed by atoms with E-state index in [4.69, 9.17) is 29.3 Å². The number of methoxy groups -OCH3 is 1. The molecule has 4 aromatic heterocycles. The number of carboxylic acids is 1. The van der Waals surface area contributed by atoms with Crippen molar-refractivity contribution < 1.29 is 38.5 Å². The van der Waals surface area contributed by atoms with Gasteiger partial charge in [0.1, 0.15) is 32.9 Å². The second-order valence-corrected chi connectivity index (χ2v) is 17.8. The molecule has 6 heterocycles. The molecule has 338 valence electrons. The Morgan fingerprint density at radius 3 is 1.52 bits per heavy atom. The van der Waals surface area contributed by atoms with Gasteiger partial charge < -0.3 is 39.1 Å². The number of hydrogen-bond acceptors (Lipinski definition) is 11. The molecule has 0 aliphatic carbocycles. The molecule has 16 heteroatoms. The first-order chi connectivity index (χ1) is 32.5. The molecular weight excluding hydrogens is 889 g/mol. The van der Waals surface area contributed by atoms with Gasteiger partial charge in [-0.25, -0.2) is 19.6 Å². The van der Waals surface area contributed by atoms with Crippen LogP contribution in [0.4, 0.5) is 11.4 Å². The van der Waals surface area contributed by atoms with Crippen molar-refractivity contribution in [2.24, 2.45) is 0 Å². The molecule has 14 nitrogen and oxygen atoms in total. The zero-order valence-corrected chi connectivity index (χ0v) is 38.3. The average molecular weight is 933 g/mol. The van der Waals surface area contributed by atoms with Gasteiger partial charge in [-0.05, 0) is 133 Å². The van der Waals surface area contributed by atoms with Gasteiger partial charge in [-0.3, -0.25) is 9.59 Å². The number of carboxylic acid groups (broad SMARTS) is 1. The average Bonchev–Trinajstić information content (AvgIpc) is 4.20. The van der Waals surface area contributed by atoms with Crippen molar-refractivity contribution in [1.29, 1.82) is 0 Å². The third kappa shape index (κ3) is 10.2. The van der Waals surface area contributed by atoms with Crippen LogP contribution in [0.1, 0.15) is 75.3 Å². The lowest BCUT2D eigenvalue weighted by atomic mass is 10.1. The van der Waals surface area contributed by atoms with Crippen molar-refractivity contribution in [2.75, 3.05) is 31.0 Å². The van der Waals surface area contributed by atoms with Crippen LogP contribution in [0.15, 0.2) is 120 Å². The van der Waals surface area contributed by atoms with Crippen LogP contribution in [-0.2, 0) is 30.7 Å². The minimum atomic E-state index is -1.01. The number of carbonyl (C=O) groups is 4. The van der Waals surface area contributed by atoms with Gasteiger partial charge in [0.2, 0.25) is 0 Å². The van der Waals surface area contributed by atoms with Gasteiger partial charge in [-0.15, -0.1) is 22.7 Å². The molecule has 0 saturated heterocycles. The lowest BCUT2D eigenvalue weighted by molar-refractivity contribution is 0.0599. The van der Waals surface area contributed by atoms with Gasteiger partial charge >= 0.3 is 11.9 Å². The first-order valence-electron chi connectivity index (χ1n) is 21.4. The maximum Gasteiger partial charge on any atom is 0.337 e. The highest BCUT2D eigenvalue weighted by molar-refractivity contribution is 7.13. The SMILES string of the molecule is COC(=O)c1ccc(NC(=O)c2cc(C)cn2Cc2csc(-c3ccc4c(c3)CCO4)n2)cc1.Cc1cc(C(=O)Nc2ccc(C(=O)O)cc2)n(Cc2csc(-c3ccc4c(c3)CCO4)n2)c1. The number of thiazole rings is 2. The number of nitrogens with zero attached hydrogens (tertiary/aromatic N) is 4. The van der Waals surface area contributed by atoms with Crippen molar-refractivity contribution in [2.45, 2.75) is 39.8 Å².